The lowest BCUT2D eigenvalue weighted by Gasteiger charge is -2.18. The molecular weight excluding hydrogens is 336 g/mol. The predicted molar refractivity (Wildman–Crippen MR) is 96.3 cm³/mol. The van der Waals surface area contributed by atoms with Gasteiger partial charge in [0.15, 0.2) is 11.5 Å². The molecule has 0 saturated carbocycles. The molecule has 0 bridgehead atoms. The third-order valence-electron chi connectivity index (χ3n) is 4.55. The highest BCUT2D eigenvalue weighted by atomic mass is 16.5. The van der Waals surface area contributed by atoms with Gasteiger partial charge in [-0.25, -0.2) is 0 Å². The lowest BCUT2D eigenvalue weighted by atomic mass is 9.90. The summed E-state index contributed by atoms with van der Waals surface area (Å²) >= 11 is 0. The second-order valence-electron chi connectivity index (χ2n) is 6.10. The van der Waals surface area contributed by atoms with Gasteiger partial charge in [-0.3, -0.25) is 0 Å². The van der Waals surface area contributed by atoms with Crippen molar-refractivity contribution in [2.45, 2.75) is 18.6 Å². The number of benzene rings is 2. The van der Waals surface area contributed by atoms with Crippen LogP contribution >= 0.6 is 0 Å². The van der Waals surface area contributed by atoms with Crippen LogP contribution in [0.2, 0.25) is 0 Å². The first-order chi connectivity index (χ1) is 12.6. The van der Waals surface area contributed by atoms with E-state index in [0.717, 1.165) is 16.7 Å². The van der Waals surface area contributed by atoms with Gasteiger partial charge in [-0.05, 0) is 35.4 Å². The molecule has 2 atom stereocenters. The first kappa shape index (κ1) is 18.3. The molecule has 4 N–H and O–H groups in total. The van der Waals surface area contributed by atoms with Crippen LogP contribution in [-0.2, 0) is 6.61 Å². The fourth-order valence-corrected chi connectivity index (χ4v) is 3.26. The van der Waals surface area contributed by atoms with E-state index < -0.39 is 6.10 Å². The fraction of sp³-hybridized carbons (Fsp3) is 0.300. The van der Waals surface area contributed by atoms with Crippen LogP contribution in [0.1, 0.15) is 34.3 Å². The van der Waals surface area contributed by atoms with E-state index in [1.165, 1.54) is 6.07 Å². The molecule has 6 nitrogen and oxygen atoms in total. The Morgan fingerprint density at radius 1 is 1.15 bits per heavy atom. The Kier molecular flexibility index (Phi) is 5.46. The third kappa shape index (κ3) is 3.26. The second-order valence-corrected chi connectivity index (χ2v) is 6.10. The van der Waals surface area contributed by atoms with E-state index in [-0.39, 0.29) is 31.5 Å². The summed E-state index contributed by atoms with van der Waals surface area (Å²) in [5.41, 5.74) is 2.79. The topological polar surface area (TPSA) is 99.4 Å². The van der Waals surface area contributed by atoms with Gasteiger partial charge in [-0.1, -0.05) is 18.2 Å². The van der Waals surface area contributed by atoms with Gasteiger partial charge < -0.3 is 29.9 Å². The summed E-state index contributed by atoms with van der Waals surface area (Å²) in [5.74, 6) is 0.803. The lowest BCUT2D eigenvalue weighted by molar-refractivity contribution is 0.157. The zero-order valence-electron chi connectivity index (χ0n) is 14.4. The van der Waals surface area contributed by atoms with Gasteiger partial charge in [0.05, 0.1) is 32.8 Å². The number of fused-ring (bicyclic) bond motifs is 1. The Labute approximate surface area is 151 Å². The summed E-state index contributed by atoms with van der Waals surface area (Å²) in [4.78, 5) is 0. The second kappa shape index (κ2) is 7.78. The molecule has 138 valence electrons. The largest absolute Gasteiger partial charge is 0.508 e. The van der Waals surface area contributed by atoms with Crippen LogP contribution in [0, 0.1) is 0 Å². The lowest BCUT2D eigenvalue weighted by Crippen LogP contribution is -2.13. The summed E-state index contributed by atoms with van der Waals surface area (Å²) in [6.07, 6.45) is 2.93. The van der Waals surface area contributed by atoms with E-state index in [1.807, 2.05) is 6.07 Å². The molecule has 6 heteroatoms. The van der Waals surface area contributed by atoms with E-state index in [1.54, 1.807) is 37.5 Å². The molecule has 1 aliphatic rings. The minimum absolute atomic E-state index is 0.0151. The SMILES string of the molecule is COc1cc(C=CCO)cc2c1OC(c1ccc(O)c(CO)c1)C2CO. The summed E-state index contributed by atoms with van der Waals surface area (Å²) in [6, 6.07) is 8.60. The van der Waals surface area contributed by atoms with Gasteiger partial charge >= 0.3 is 0 Å². The van der Waals surface area contributed by atoms with E-state index >= 15 is 0 Å². The minimum Gasteiger partial charge on any atom is -0.508 e. The van der Waals surface area contributed by atoms with Crippen molar-refractivity contribution in [3.8, 4) is 17.2 Å². The highest BCUT2D eigenvalue weighted by molar-refractivity contribution is 5.62. The van der Waals surface area contributed by atoms with Crippen LogP contribution in [0.15, 0.2) is 36.4 Å². The van der Waals surface area contributed by atoms with Crippen LogP contribution in [-0.4, -0.2) is 40.7 Å². The number of phenols is 1. The van der Waals surface area contributed by atoms with Crippen LogP contribution in [0.3, 0.4) is 0 Å². The van der Waals surface area contributed by atoms with Crippen molar-refractivity contribution < 1.29 is 29.9 Å². The molecule has 3 rings (SSSR count). The number of hydrogen-bond donors (Lipinski definition) is 4. The monoisotopic (exact) mass is 358 g/mol. The molecule has 0 fully saturated rings. The van der Waals surface area contributed by atoms with Crippen LogP contribution in [0.4, 0.5) is 0 Å². The number of methoxy groups -OCH3 is 1. The van der Waals surface area contributed by atoms with Gasteiger partial charge in [0.1, 0.15) is 11.9 Å². The van der Waals surface area contributed by atoms with Crippen molar-refractivity contribution in [2.24, 2.45) is 0 Å². The Morgan fingerprint density at radius 2 is 1.96 bits per heavy atom. The zero-order valence-corrected chi connectivity index (χ0v) is 14.4. The number of aliphatic hydroxyl groups is 3. The van der Waals surface area contributed by atoms with Crippen molar-refractivity contribution in [2.75, 3.05) is 20.3 Å². The molecular formula is C20H22O6. The molecule has 0 amide bonds. The standard InChI is InChI=1S/C20H22O6/c1-25-18-8-12(3-2-6-21)7-15-16(11-23)19(26-20(15)18)13-4-5-17(24)14(9-13)10-22/h2-5,7-9,16,19,21-24H,6,10-11H2,1H3. The summed E-state index contributed by atoms with van der Waals surface area (Å²) in [7, 11) is 1.55. The van der Waals surface area contributed by atoms with Crippen molar-refractivity contribution >= 4 is 6.08 Å². The molecule has 0 spiro atoms. The first-order valence-electron chi connectivity index (χ1n) is 8.32. The molecule has 0 radical (unpaired) electrons. The van der Waals surface area contributed by atoms with Crippen LogP contribution in [0.25, 0.3) is 6.08 Å². The van der Waals surface area contributed by atoms with Gasteiger partial charge in [0.2, 0.25) is 0 Å². The maximum Gasteiger partial charge on any atom is 0.165 e. The summed E-state index contributed by atoms with van der Waals surface area (Å²) < 4.78 is 11.5. The van der Waals surface area contributed by atoms with Crippen molar-refractivity contribution in [1.29, 1.82) is 0 Å². The molecule has 2 unspecified atom stereocenters. The Morgan fingerprint density at radius 3 is 2.62 bits per heavy atom. The van der Waals surface area contributed by atoms with Crippen LogP contribution in [0.5, 0.6) is 17.2 Å². The summed E-state index contributed by atoms with van der Waals surface area (Å²) in [6.45, 7) is -0.495. The summed E-state index contributed by atoms with van der Waals surface area (Å²) in [5, 5.41) is 38.1. The number of rotatable bonds is 6. The third-order valence-corrected chi connectivity index (χ3v) is 4.55. The van der Waals surface area contributed by atoms with Gasteiger partial charge in [-0.15, -0.1) is 0 Å². The smallest absolute Gasteiger partial charge is 0.165 e. The number of aromatic hydroxyl groups is 1. The fourth-order valence-electron chi connectivity index (χ4n) is 3.26. The van der Waals surface area contributed by atoms with Crippen LogP contribution < -0.4 is 9.47 Å². The Balaban J connectivity index is 2.04. The van der Waals surface area contributed by atoms with Crippen molar-refractivity contribution in [1.82, 2.24) is 0 Å². The van der Waals surface area contributed by atoms with E-state index in [4.69, 9.17) is 14.6 Å². The number of ether oxygens (including phenoxy) is 2. The number of aliphatic hydroxyl groups excluding tert-OH is 3. The molecule has 0 saturated heterocycles. The maximum absolute atomic E-state index is 9.98. The van der Waals surface area contributed by atoms with Gasteiger partial charge in [0, 0.05) is 11.1 Å². The maximum atomic E-state index is 9.98. The highest BCUT2D eigenvalue weighted by Gasteiger charge is 2.37. The molecule has 1 heterocycles. The average Bonchev–Trinajstić information content (AvgIpc) is 3.04. The van der Waals surface area contributed by atoms with E-state index in [2.05, 4.69) is 0 Å². The normalized spacial score (nSPS) is 18.8. The molecule has 2 aromatic rings. The molecule has 2 aromatic carbocycles. The Hall–Kier alpha value is -2.54. The molecule has 0 aromatic heterocycles. The number of hydrogen-bond acceptors (Lipinski definition) is 6. The highest BCUT2D eigenvalue weighted by Crippen LogP contribution is 2.51. The minimum atomic E-state index is -0.466. The van der Waals surface area contributed by atoms with E-state index in [0.29, 0.717) is 17.1 Å². The van der Waals surface area contributed by atoms with Gasteiger partial charge in [0.25, 0.3) is 0 Å². The first-order valence-corrected chi connectivity index (χ1v) is 8.32. The quantitative estimate of drug-likeness (QED) is 0.631. The van der Waals surface area contributed by atoms with Crippen molar-refractivity contribution in [3.63, 3.8) is 0 Å². The Bertz CT molecular complexity index is 814. The molecule has 26 heavy (non-hydrogen) atoms. The van der Waals surface area contributed by atoms with Crippen molar-refractivity contribution in [3.05, 3.63) is 58.7 Å². The zero-order chi connectivity index (χ0) is 18.7. The molecule has 0 aliphatic carbocycles. The average molecular weight is 358 g/mol. The van der Waals surface area contributed by atoms with Gasteiger partial charge in [-0.2, -0.15) is 0 Å². The predicted octanol–water partition coefficient (Wildman–Crippen LogP) is 2.11. The van der Waals surface area contributed by atoms with E-state index in [9.17, 15) is 15.3 Å². The molecule has 1 aliphatic heterocycles.